The van der Waals surface area contributed by atoms with E-state index in [0.717, 1.165) is 11.1 Å². The molecular formula is C22H18FNO4S2. The second-order valence-corrected chi connectivity index (χ2v) is 10.1. The molecule has 0 fully saturated rings. The lowest BCUT2D eigenvalue weighted by molar-refractivity contribution is 0.0917. The molecule has 0 spiro atoms. The first-order valence-corrected chi connectivity index (χ1v) is 12.0. The van der Waals surface area contributed by atoms with Crippen molar-refractivity contribution < 1.29 is 22.0 Å². The molecule has 0 saturated heterocycles. The summed E-state index contributed by atoms with van der Waals surface area (Å²) in [6.07, 6.45) is 1.11. The third-order valence-electron chi connectivity index (χ3n) is 4.62. The third-order valence-corrected chi connectivity index (χ3v) is 6.37. The minimum atomic E-state index is -3.40. The number of para-hydroxylation sites is 1. The maximum Gasteiger partial charge on any atom is 0.288 e. The van der Waals surface area contributed by atoms with Gasteiger partial charge in [-0.05, 0) is 35.2 Å². The molecule has 0 aliphatic carbocycles. The minimum Gasteiger partial charge on any atom is -0.451 e. The molecule has 1 amide bonds. The molecule has 30 heavy (non-hydrogen) atoms. The van der Waals surface area contributed by atoms with Crippen molar-refractivity contribution in [3.05, 3.63) is 93.6 Å². The Morgan fingerprint density at radius 2 is 1.83 bits per heavy atom. The fourth-order valence-corrected chi connectivity index (χ4v) is 4.93. The van der Waals surface area contributed by atoms with Crippen molar-refractivity contribution in [3.63, 3.8) is 0 Å². The second-order valence-electron chi connectivity index (χ2n) is 6.95. The quantitative estimate of drug-likeness (QED) is 0.469. The first-order chi connectivity index (χ1) is 14.3. The number of furan rings is 1. The number of hydrogen-bond acceptors (Lipinski definition) is 5. The molecule has 5 nitrogen and oxygen atoms in total. The van der Waals surface area contributed by atoms with Crippen LogP contribution in [0.25, 0.3) is 11.0 Å². The SMILES string of the molecule is CS(=O)(=O)Cc1c(C(=O)NC(c2ccc(F)cc2)c2cccs2)oc2ccccc12. The Bertz CT molecular complexity index is 1290. The molecule has 4 rings (SSSR count). The van der Waals surface area contributed by atoms with E-state index in [1.165, 1.54) is 23.5 Å². The van der Waals surface area contributed by atoms with Crippen LogP contribution in [0.4, 0.5) is 4.39 Å². The molecule has 2 aromatic heterocycles. The van der Waals surface area contributed by atoms with E-state index in [4.69, 9.17) is 4.42 Å². The average Bonchev–Trinajstić information content (AvgIpc) is 3.34. The number of benzene rings is 2. The second kappa shape index (κ2) is 8.04. The van der Waals surface area contributed by atoms with Crippen molar-refractivity contribution in [2.24, 2.45) is 0 Å². The van der Waals surface area contributed by atoms with Crippen LogP contribution >= 0.6 is 11.3 Å². The van der Waals surface area contributed by atoms with Crippen molar-refractivity contribution in [1.82, 2.24) is 5.32 Å². The van der Waals surface area contributed by atoms with Gasteiger partial charge in [-0.15, -0.1) is 11.3 Å². The van der Waals surface area contributed by atoms with Crippen LogP contribution in [0, 0.1) is 5.82 Å². The van der Waals surface area contributed by atoms with Crippen molar-refractivity contribution >= 4 is 38.1 Å². The summed E-state index contributed by atoms with van der Waals surface area (Å²) in [6, 6.07) is 16.0. The van der Waals surface area contributed by atoms with E-state index < -0.39 is 21.8 Å². The highest BCUT2D eigenvalue weighted by atomic mass is 32.2. The van der Waals surface area contributed by atoms with Gasteiger partial charge in [0.15, 0.2) is 15.6 Å². The molecule has 0 bridgehead atoms. The van der Waals surface area contributed by atoms with Gasteiger partial charge in [0.05, 0.1) is 11.8 Å². The van der Waals surface area contributed by atoms with Crippen molar-refractivity contribution in [3.8, 4) is 0 Å². The first kappa shape index (κ1) is 20.3. The lowest BCUT2D eigenvalue weighted by atomic mass is 10.0. The van der Waals surface area contributed by atoms with E-state index in [1.54, 1.807) is 36.4 Å². The first-order valence-electron chi connectivity index (χ1n) is 9.10. The Morgan fingerprint density at radius 3 is 2.50 bits per heavy atom. The number of fused-ring (bicyclic) bond motifs is 1. The molecule has 0 aliphatic rings. The number of carbonyl (C=O) groups is 1. The number of thiophene rings is 1. The lowest BCUT2D eigenvalue weighted by Gasteiger charge is -2.18. The zero-order valence-corrected chi connectivity index (χ0v) is 17.6. The molecule has 1 N–H and O–H groups in total. The number of nitrogens with one attached hydrogen (secondary N) is 1. The Balaban J connectivity index is 1.75. The summed E-state index contributed by atoms with van der Waals surface area (Å²) in [6.45, 7) is 0. The summed E-state index contributed by atoms with van der Waals surface area (Å²) in [5.74, 6) is -1.26. The van der Waals surface area contributed by atoms with Gasteiger partial charge >= 0.3 is 0 Å². The fraction of sp³-hybridized carbons (Fsp3) is 0.136. The summed E-state index contributed by atoms with van der Waals surface area (Å²) in [5.41, 5.74) is 1.47. The van der Waals surface area contributed by atoms with Crippen LogP contribution in [0.3, 0.4) is 0 Å². The Labute approximate surface area is 177 Å². The summed E-state index contributed by atoms with van der Waals surface area (Å²) in [5, 5.41) is 5.39. The molecule has 0 aliphatic heterocycles. The predicted molar refractivity (Wildman–Crippen MR) is 115 cm³/mol. The molecule has 0 radical (unpaired) electrons. The van der Waals surface area contributed by atoms with Gasteiger partial charge in [-0.2, -0.15) is 0 Å². The van der Waals surface area contributed by atoms with Gasteiger partial charge in [-0.3, -0.25) is 4.79 Å². The largest absolute Gasteiger partial charge is 0.451 e. The van der Waals surface area contributed by atoms with Crippen LogP contribution in [0.2, 0.25) is 0 Å². The monoisotopic (exact) mass is 443 g/mol. The van der Waals surface area contributed by atoms with Gasteiger partial charge in [0, 0.05) is 22.1 Å². The van der Waals surface area contributed by atoms with E-state index in [0.29, 0.717) is 22.1 Å². The fourth-order valence-electron chi connectivity index (χ4n) is 3.31. The van der Waals surface area contributed by atoms with E-state index in [1.807, 2.05) is 17.5 Å². The zero-order valence-electron chi connectivity index (χ0n) is 16.0. The molecule has 0 saturated carbocycles. The van der Waals surface area contributed by atoms with Crippen molar-refractivity contribution in [2.75, 3.05) is 6.26 Å². The molecule has 8 heteroatoms. The summed E-state index contributed by atoms with van der Waals surface area (Å²) < 4.78 is 43.1. The van der Waals surface area contributed by atoms with Crippen molar-refractivity contribution in [1.29, 1.82) is 0 Å². The van der Waals surface area contributed by atoms with Crippen LogP contribution < -0.4 is 5.32 Å². The molecule has 1 unspecified atom stereocenters. The van der Waals surface area contributed by atoms with E-state index >= 15 is 0 Å². The predicted octanol–water partition coefficient (Wildman–Crippen LogP) is 4.70. The Kier molecular flexibility index (Phi) is 5.44. The minimum absolute atomic E-state index is 0.0368. The number of rotatable bonds is 6. The maximum atomic E-state index is 13.4. The maximum absolute atomic E-state index is 13.4. The molecule has 4 aromatic rings. The topological polar surface area (TPSA) is 76.4 Å². The molecular weight excluding hydrogens is 425 g/mol. The van der Waals surface area contributed by atoms with Crippen molar-refractivity contribution in [2.45, 2.75) is 11.8 Å². The number of halogens is 1. The number of carbonyl (C=O) groups excluding carboxylic acids is 1. The summed E-state index contributed by atoms with van der Waals surface area (Å²) >= 11 is 1.45. The molecule has 2 aromatic carbocycles. The Hall–Kier alpha value is -2.97. The van der Waals surface area contributed by atoms with E-state index in [2.05, 4.69) is 5.32 Å². The number of amides is 1. The highest BCUT2D eigenvalue weighted by Gasteiger charge is 2.26. The smallest absolute Gasteiger partial charge is 0.288 e. The van der Waals surface area contributed by atoms with E-state index in [-0.39, 0.29) is 17.3 Å². The standard InChI is InChI=1S/C22H18FNO4S2/c1-30(26,27)13-17-16-5-2-3-6-18(16)28-21(17)22(25)24-20(19-7-4-12-29-19)14-8-10-15(23)11-9-14/h2-12,20H,13H2,1H3,(H,24,25). The van der Waals surface area contributed by atoms with Crippen LogP contribution in [-0.2, 0) is 15.6 Å². The van der Waals surface area contributed by atoms with E-state index in [9.17, 15) is 17.6 Å². The zero-order chi connectivity index (χ0) is 21.3. The molecule has 154 valence electrons. The van der Waals surface area contributed by atoms with Gasteiger partial charge in [0.25, 0.3) is 5.91 Å². The lowest BCUT2D eigenvalue weighted by Crippen LogP contribution is -2.29. The van der Waals surface area contributed by atoms with Crippen LogP contribution in [0.5, 0.6) is 0 Å². The van der Waals surface area contributed by atoms with Crippen LogP contribution in [0.15, 0.2) is 70.5 Å². The van der Waals surface area contributed by atoms with Gasteiger partial charge in [0.1, 0.15) is 11.4 Å². The highest BCUT2D eigenvalue weighted by molar-refractivity contribution is 7.89. The highest BCUT2D eigenvalue weighted by Crippen LogP contribution is 2.30. The summed E-state index contributed by atoms with van der Waals surface area (Å²) in [7, 11) is -3.40. The average molecular weight is 444 g/mol. The third kappa shape index (κ3) is 4.29. The van der Waals surface area contributed by atoms with Gasteiger partial charge < -0.3 is 9.73 Å². The number of sulfone groups is 1. The summed E-state index contributed by atoms with van der Waals surface area (Å²) in [4.78, 5) is 14.1. The number of hydrogen-bond donors (Lipinski definition) is 1. The van der Waals surface area contributed by atoms with Gasteiger partial charge in [-0.1, -0.05) is 36.4 Å². The normalized spacial score (nSPS) is 12.7. The molecule has 2 heterocycles. The van der Waals surface area contributed by atoms with Crippen LogP contribution in [-0.4, -0.2) is 20.6 Å². The van der Waals surface area contributed by atoms with Gasteiger partial charge in [0.2, 0.25) is 0 Å². The molecule has 1 atom stereocenters. The van der Waals surface area contributed by atoms with Crippen LogP contribution in [0.1, 0.15) is 32.6 Å². The Morgan fingerprint density at radius 1 is 1.10 bits per heavy atom. The van der Waals surface area contributed by atoms with Gasteiger partial charge in [-0.25, -0.2) is 12.8 Å².